The zero-order valence-corrected chi connectivity index (χ0v) is 21.1. The van der Waals surface area contributed by atoms with Crippen LogP contribution in [0.25, 0.3) is 5.76 Å². The largest absolute Gasteiger partial charge is 0.507 e. The number of aliphatic hydroxyl groups excluding tert-OH is 1. The number of Topliss-reactive ketones (excluding diaryl/α,β-unsaturated/α-hetero) is 1. The van der Waals surface area contributed by atoms with Crippen LogP contribution < -0.4 is 23.8 Å². The molecule has 1 saturated heterocycles. The summed E-state index contributed by atoms with van der Waals surface area (Å²) >= 11 is 3.41. The van der Waals surface area contributed by atoms with Crippen LogP contribution in [0.3, 0.4) is 0 Å². The SMILES string of the molecule is CCOc1ccc(C2/C(=C(\O)c3ccc(OC)c(Br)c3)C(=O)C(=O)N2c2ccc3c(c2)OCO3)cc1. The summed E-state index contributed by atoms with van der Waals surface area (Å²) in [6.45, 7) is 2.46. The molecule has 3 aromatic rings. The standard InChI is InChI=1S/C27H22BrNO7/c1-3-34-18-8-4-15(5-9-18)24-23(25(30)16-6-10-20(33-2)19(28)12-16)26(31)27(32)29(24)17-7-11-21-22(13-17)36-14-35-21/h4-13,24,30H,3,14H2,1-2H3/b25-23+. The molecule has 1 fully saturated rings. The Morgan fingerprint density at radius 2 is 1.81 bits per heavy atom. The molecule has 0 aromatic heterocycles. The number of fused-ring (bicyclic) bond motifs is 1. The summed E-state index contributed by atoms with van der Waals surface area (Å²) in [5, 5.41) is 11.3. The summed E-state index contributed by atoms with van der Waals surface area (Å²) in [4.78, 5) is 28.1. The first-order chi connectivity index (χ1) is 17.4. The van der Waals surface area contributed by atoms with Crippen LogP contribution in [-0.4, -0.2) is 37.3 Å². The monoisotopic (exact) mass is 551 g/mol. The highest BCUT2D eigenvalue weighted by Gasteiger charge is 2.47. The van der Waals surface area contributed by atoms with Crippen LogP contribution in [0, 0.1) is 0 Å². The number of anilines is 1. The molecule has 0 spiro atoms. The minimum atomic E-state index is -0.887. The van der Waals surface area contributed by atoms with Crippen LogP contribution >= 0.6 is 15.9 Å². The fourth-order valence-corrected chi connectivity index (χ4v) is 4.87. The predicted octanol–water partition coefficient (Wildman–Crippen LogP) is 5.21. The van der Waals surface area contributed by atoms with Crippen molar-refractivity contribution in [3.63, 3.8) is 0 Å². The number of hydrogen-bond donors (Lipinski definition) is 1. The van der Waals surface area contributed by atoms with Crippen molar-refractivity contribution < 1.29 is 33.6 Å². The van der Waals surface area contributed by atoms with Gasteiger partial charge in [0.25, 0.3) is 11.7 Å². The molecule has 8 nitrogen and oxygen atoms in total. The fourth-order valence-electron chi connectivity index (χ4n) is 4.33. The van der Waals surface area contributed by atoms with Crippen LogP contribution in [0.5, 0.6) is 23.0 Å². The molecule has 5 rings (SSSR count). The summed E-state index contributed by atoms with van der Waals surface area (Å²) in [6, 6.07) is 16.2. The maximum absolute atomic E-state index is 13.4. The van der Waals surface area contributed by atoms with Crippen molar-refractivity contribution in [2.45, 2.75) is 13.0 Å². The number of aliphatic hydroxyl groups is 1. The third-order valence-corrected chi connectivity index (χ3v) is 6.63. The summed E-state index contributed by atoms with van der Waals surface area (Å²) in [6.07, 6.45) is 0. The number of methoxy groups -OCH3 is 1. The Balaban J connectivity index is 1.67. The Morgan fingerprint density at radius 3 is 2.50 bits per heavy atom. The smallest absolute Gasteiger partial charge is 0.300 e. The lowest BCUT2D eigenvalue weighted by molar-refractivity contribution is -0.132. The lowest BCUT2D eigenvalue weighted by Crippen LogP contribution is -2.29. The number of carbonyl (C=O) groups is 2. The molecule has 1 N–H and O–H groups in total. The van der Waals surface area contributed by atoms with Gasteiger partial charge in [-0.25, -0.2) is 0 Å². The quantitative estimate of drug-likeness (QED) is 0.255. The Morgan fingerprint density at radius 1 is 1.06 bits per heavy atom. The topological polar surface area (TPSA) is 94.5 Å². The summed E-state index contributed by atoms with van der Waals surface area (Å²) < 4.78 is 22.3. The van der Waals surface area contributed by atoms with Gasteiger partial charge in [0.15, 0.2) is 11.5 Å². The number of carbonyl (C=O) groups excluding carboxylic acids is 2. The number of amides is 1. The van der Waals surface area contributed by atoms with Gasteiger partial charge in [-0.1, -0.05) is 12.1 Å². The number of halogens is 1. The Hall–Kier alpha value is -3.98. The van der Waals surface area contributed by atoms with Gasteiger partial charge < -0.3 is 24.1 Å². The molecule has 3 aromatic carbocycles. The molecule has 2 aliphatic heterocycles. The molecule has 0 bridgehead atoms. The molecule has 0 radical (unpaired) electrons. The van der Waals surface area contributed by atoms with E-state index in [-0.39, 0.29) is 18.1 Å². The van der Waals surface area contributed by atoms with Gasteiger partial charge in [0, 0.05) is 17.3 Å². The second-order valence-electron chi connectivity index (χ2n) is 8.06. The van der Waals surface area contributed by atoms with Gasteiger partial charge in [-0.15, -0.1) is 0 Å². The van der Waals surface area contributed by atoms with Crippen LogP contribution in [0.1, 0.15) is 24.1 Å². The maximum atomic E-state index is 13.4. The molecule has 2 heterocycles. The Labute approximate surface area is 215 Å². The first-order valence-electron chi connectivity index (χ1n) is 11.2. The maximum Gasteiger partial charge on any atom is 0.300 e. The van der Waals surface area contributed by atoms with E-state index < -0.39 is 17.7 Å². The van der Waals surface area contributed by atoms with E-state index in [9.17, 15) is 14.7 Å². The zero-order valence-electron chi connectivity index (χ0n) is 19.5. The van der Waals surface area contributed by atoms with Gasteiger partial charge in [-0.3, -0.25) is 14.5 Å². The lowest BCUT2D eigenvalue weighted by atomic mass is 9.95. The van der Waals surface area contributed by atoms with Crippen molar-refractivity contribution >= 4 is 39.1 Å². The highest BCUT2D eigenvalue weighted by Crippen LogP contribution is 2.45. The van der Waals surface area contributed by atoms with Crippen molar-refractivity contribution in [2.24, 2.45) is 0 Å². The third-order valence-electron chi connectivity index (χ3n) is 6.01. The van der Waals surface area contributed by atoms with Crippen LogP contribution in [0.15, 0.2) is 70.7 Å². The Kier molecular flexibility index (Phi) is 6.32. The highest BCUT2D eigenvalue weighted by atomic mass is 79.9. The number of rotatable bonds is 6. The van der Waals surface area contributed by atoms with E-state index in [1.54, 1.807) is 60.7 Å². The van der Waals surface area contributed by atoms with Crippen molar-refractivity contribution in [2.75, 3.05) is 25.4 Å². The van der Waals surface area contributed by atoms with E-state index in [0.29, 0.717) is 50.9 Å². The molecule has 9 heteroatoms. The van der Waals surface area contributed by atoms with E-state index in [2.05, 4.69) is 15.9 Å². The number of nitrogens with zero attached hydrogens (tertiary/aromatic N) is 1. The third kappa shape index (κ3) is 4.05. The molecular weight excluding hydrogens is 530 g/mol. The van der Waals surface area contributed by atoms with Crippen LogP contribution in [0.4, 0.5) is 5.69 Å². The van der Waals surface area contributed by atoms with Crippen LogP contribution in [-0.2, 0) is 9.59 Å². The predicted molar refractivity (Wildman–Crippen MR) is 136 cm³/mol. The first kappa shape index (κ1) is 23.7. The zero-order chi connectivity index (χ0) is 25.4. The second kappa shape index (κ2) is 9.58. The number of hydrogen-bond acceptors (Lipinski definition) is 7. The minimum Gasteiger partial charge on any atom is -0.507 e. The van der Waals surface area contributed by atoms with Gasteiger partial charge in [-0.2, -0.15) is 0 Å². The molecule has 184 valence electrons. The Bertz CT molecular complexity index is 1380. The van der Waals surface area contributed by atoms with Crippen LogP contribution in [0.2, 0.25) is 0 Å². The van der Waals surface area contributed by atoms with E-state index >= 15 is 0 Å². The number of benzene rings is 3. The van der Waals surface area contributed by atoms with Gasteiger partial charge in [0.1, 0.15) is 17.3 Å². The molecule has 2 aliphatic rings. The van der Waals surface area contributed by atoms with E-state index in [1.807, 2.05) is 6.92 Å². The van der Waals surface area contributed by atoms with E-state index in [1.165, 1.54) is 12.0 Å². The van der Waals surface area contributed by atoms with Crippen molar-refractivity contribution in [3.8, 4) is 23.0 Å². The molecule has 36 heavy (non-hydrogen) atoms. The molecule has 1 atom stereocenters. The fraction of sp³-hybridized carbons (Fsp3) is 0.185. The van der Waals surface area contributed by atoms with Crippen molar-refractivity contribution in [1.29, 1.82) is 0 Å². The van der Waals surface area contributed by atoms with E-state index in [4.69, 9.17) is 18.9 Å². The summed E-state index contributed by atoms with van der Waals surface area (Å²) in [7, 11) is 1.53. The van der Waals surface area contributed by atoms with Crippen molar-refractivity contribution in [3.05, 3.63) is 81.8 Å². The summed E-state index contributed by atoms with van der Waals surface area (Å²) in [5.74, 6) is 0.391. The number of ether oxygens (including phenoxy) is 4. The molecule has 1 amide bonds. The second-order valence-corrected chi connectivity index (χ2v) is 8.91. The first-order valence-corrected chi connectivity index (χ1v) is 12.0. The van der Waals surface area contributed by atoms with Gasteiger partial charge in [-0.05, 0) is 70.9 Å². The van der Waals surface area contributed by atoms with Gasteiger partial charge >= 0.3 is 0 Å². The van der Waals surface area contributed by atoms with Gasteiger partial charge in [0.05, 0.1) is 29.8 Å². The normalized spacial score (nSPS) is 18.0. The molecule has 0 aliphatic carbocycles. The summed E-state index contributed by atoms with van der Waals surface area (Å²) in [5.41, 5.74) is 1.40. The average molecular weight is 552 g/mol. The minimum absolute atomic E-state index is 0.0288. The molecule has 1 unspecified atom stereocenters. The lowest BCUT2D eigenvalue weighted by Gasteiger charge is -2.25. The number of ketones is 1. The van der Waals surface area contributed by atoms with Crippen molar-refractivity contribution in [1.82, 2.24) is 0 Å². The molecular formula is C27H22BrNO7. The molecule has 0 saturated carbocycles. The average Bonchev–Trinajstić information content (AvgIpc) is 3.46. The van der Waals surface area contributed by atoms with E-state index in [0.717, 1.165) is 0 Å². The van der Waals surface area contributed by atoms with Gasteiger partial charge in [0.2, 0.25) is 6.79 Å². The highest BCUT2D eigenvalue weighted by molar-refractivity contribution is 9.10.